The molecule has 1 aromatic carbocycles. The average Bonchev–Trinajstić information content (AvgIpc) is 2.79. The highest BCUT2D eigenvalue weighted by Crippen LogP contribution is 2.13. The third-order valence-corrected chi connectivity index (χ3v) is 2.27. The zero-order valence-electron chi connectivity index (χ0n) is 9.09. The predicted octanol–water partition coefficient (Wildman–Crippen LogP) is 2.65. The number of hydrogen-bond acceptors (Lipinski definition) is 2. The molecular formula is C13H13NO2. The SMILES string of the molecule is CCOC(=O)c1cccn1-c1ccccc1. The Morgan fingerprint density at radius 1 is 1.19 bits per heavy atom. The van der Waals surface area contributed by atoms with Gasteiger partial charge in [-0.05, 0) is 31.2 Å². The van der Waals surface area contributed by atoms with Crippen LogP contribution in [0.2, 0.25) is 0 Å². The van der Waals surface area contributed by atoms with Gasteiger partial charge in [0.2, 0.25) is 0 Å². The van der Waals surface area contributed by atoms with E-state index in [2.05, 4.69) is 0 Å². The molecule has 0 N–H and O–H groups in total. The second-order valence-electron chi connectivity index (χ2n) is 3.32. The Morgan fingerprint density at radius 2 is 1.94 bits per heavy atom. The molecule has 0 atom stereocenters. The van der Waals surface area contributed by atoms with Crippen LogP contribution in [0.5, 0.6) is 0 Å². The summed E-state index contributed by atoms with van der Waals surface area (Å²) in [6.07, 6.45) is 1.85. The fraction of sp³-hybridized carbons (Fsp3) is 0.154. The van der Waals surface area contributed by atoms with Gasteiger partial charge in [0, 0.05) is 11.9 Å². The lowest BCUT2D eigenvalue weighted by Crippen LogP contribution is -2.10. The summed E-state index contributed by atoms with van der Waals surface area (Å²) in [5.74, 6) is -0.295. The number of carbonyl (C=O) groups is 1. The van der Waals surface area contributed by atoms with E-state index in [0.29, 0.717) is 12.3 Å². The first-order chi connectivity index (χ1) is 7.83. The Bertz CT molecular complexity index is 474. The minimum absolute atomic E-state index is 0.295. The Hall–Kier alpha value is -2.03. The van der Waals surface area contributed by atoms with Crippen LogP contribution < -0.4 is 0 Å². The van der Waals surface area contributed by atoms with Crippen LogP contribution in [0.25, 0.3) is 5.69 Å². The number of rotatable bonds is 3. The molecule has 0 radical (unpaired) electrons. The molecule has 0 fully saturated rings. The van der Waals surface area contributed by atoms with Gasteiger partial charge in [-0.3, -0.25) is 0 Å². The first-order valence-corrected chi connectivity index (χ1v) is 5.23. The van der Waals surface area contributed by atoms with Crippen LogP contribution in [-0.2, 0) is 4.74 Å². The number of esters is 1. The van der Waals surface area contributed by atoms with E-state index in [9.17, 15) is 4.79 Å². The van der Waals surface area contributed by atoms with Crippen molar-refractivity contribution >= 4 is 5.97 Å². The standard InChI is InChI=1S/C13H13NO2/c1-2-16-13(15)12-9-6-10-14(12)11-7-4-3-5-8-11/h3-10H,2H2,1H3. The van der Waals surface area contributed by atoms with Gasteiger partial charge in [0.25, 0.3) is 0 Å². The fourth-order valence-electron chi connectivity index (χ4n) is 1.57. The number of para-hydroxylation sites is 1. The van der Waals surface area contributed by atoms with Gasteiger partial charge in [0.15, 0.2) is 0 Å². The van der Waals surface area contributed by atoms with E-state index in [0.717, 1.165) is 5.69 Å². The van der Waals surface area contributed by atoms with Gasteiger partial charge in [0.05, 0.1) is 6.61 Å². The monoisotopic (exact) mass is 215 g/mol. The van der Waals surface area contributed by atoms with Crippen LogP contribution in [0, 0.1) is 0 Å². The molecular weight excluding hydrogens is 202 g/mol. The van der Waals surface area contributed by atoms with Crippen molar-refractivity contribution in [2.75, 3.05) is 6.61 Å². The van der Waals surface area contributed by atoms with Gasteiger partial charge >= 0.3 is 5.97 Å². The molecule has 0 amide bonds. The van der Waals surface area contributed by atoms with E-state index in [1.54, 1.807) is 13.0 Å². The van der Waals surface area contributed by atoms with Crippen LogP contribution in [0.1, 0.15) is 17.4 Å². The van der Waals surface area contributed by atoms with Gasteiger partial charge in [-0.1, -0.05) is 18.2 Å². The summed E-state index contributed by atoms with van der Waals surface area (Å²) < 4.78 is 6.81. The van der Waals surface area contributed by atoms with Crippen LogP contribution in [0.4, 0.5) is 0 Å². The number of ether oxygens (including phenoxy) is 1. The Labute approximate surface area is 94.3 Å². The summed E-state index contributed by atoms with van der Waals surface area (Å²) in [7, 11) is 0. The lowest BCUT2D eigenvalue weighted by molar-refractivity contribution is 0.0517. The molecule has 0 aliphatic carbocycles. The largest absolute Gasteiger partial charge is 0.461 e. The molecule has 3 heteroatoms. The molecule has 2 rings (SSSR count). The molecule has 0 spiro atoms. The molecule has 0 aliphatic rings. The van der Waals surface area contributed by atoms with E-state index >= 15 is 0 Å². The van der Waals surface area contributed by atoms with Crippen LogP contribution in [-0.4, -0.2) is 17.1 Å². The first-order valence-electron chi connectivity index (χ1n) is 5.23. The molecule has 0 unspecified atom stereocenters. The molecule has 0 saturated heterocycles. The van der Waals surface area contributed by atoms with Crippen molar-refractivity contribution in [3.05, 3.63) is 54.4 Å². The summed E-state index contributed by atoms with van der Waals surface area (Å²) in [6, 6.07) is 13.3. The molecule has 0 saturated carbocycles. The summed E-state index contributed by atoms with van der Waals surface area (Å²) in [5, 5.41) is 0. The summed E-state index contributed by atoms with van der Waals surface area (Å²) in [4.78, 5) is 11.7. The summed E-state index contributed by atoms with van der Waals surface area (Å²) in [5.41, 5.74) is 1.50. The maximum absolute atomic E-state index is 11.7. The minimum Gasteiger partial charge on any atom is -0.461 e. The number of hydrogen-bond donors (Lipinski definition) is 0. The van der Waals surface area contributed by atoms with Gasteiger partial charge in [0.1, 0.15) is 5.69 Å². The van der Waals surface area contributed by atoms with Crippen molar-refractivity contribution < 1.29 is 9.53 Å². The van der Waals surface area contributed by atoms with E-state index in [-0.39, 0.29) is 5.97 Å². The molecule has 2 aromatic rings. The van der Waals surface area contributed by atoms with Gasteiger partial charge in [-0.25, -0.2) is 4.79 Å². The van der Waals surface area contributed by atoms with Gasteiger partial charge in [-0.15, -0.1) is 0 Å². The zero-order valence-corrected chi connectivity index (χ0v) is 9.09. The maximum Gasteiger partial charge on any atom is 0.355 e. The number of carbonyl (C=O) groups excluding carboxylic acids is 1. The Balaban J connectivity index is 2.37. The van der Waals surface area contributed by atoms with Crippen LogP contribution in [0.15, 0.2) is 48.7 Å². The second-order valence-corrected chi connectivity index (χ2v) is 3.32. The fourth-order valence-corrected chi connectivity index (χ4v) is 1.57. The molecule has 0 aliphatic heterocycles. The van der Waals surface area contributed by atoms with Crippen molar-refractivity contribution in [1.29, 1.82) is 0 Å². The van der Waals surface area contributed by atoms with Crippen molar-refractivity contribution in [2.45, 2.75) is 6.92 Å². The smallest absolute Gasteiger partial charge is 0.355 e. The summed E-state index contributed by atoms with van der Waals surface area (Å²) in [6.45, 7) is 2.19. The highest BCUT2D eigenvalue weighted by molar-refractivity contribution is 5.88. The first kappa shape index (κ1) is 10.5. The zero-order chi connectivity index (χ0) is 11.4. The van der Waals surface area contributed by atoms with E-state index < -0.39 is 0 Å². The maximum atomic E-state index is 11.7. The molecule has 1 aromatic heterocycles. The summed E-state index contributed by atoms with van der Waals surface area (Å²) >= 11 is 0. The minimum atomic E-state index is -0.295. The van der Waals surface area contributed by atoms with E-state index in [1.807, 2.05) is 47.2 Å². The molecule has 3 nitrogen and oxygen atoms in total. The van der Waals surface area contributed by atoms with Crippen molar-refractivity contribution in [2.24, 2.45) is 0 Å². The lowest BCUT2D eigenvalue weighted by Gasteiger charge is -2.07. The molecule has 16 heavy (non-hydrogen) atoms. The second kappa shape index (κ2) is 4.66. The van der Waals surface area contributed by atoms with Crippen LogP contribution >= 0.6 is 0 Å². The van der Waals surface area contributed by atoms with E-state index in [4.69, 9.17) is 4.74 Å². The predicted molar refractivity (Wildman–Crippen MR) is 61.7 cm³/mol. The Morgan fingerprint density at radius 3 is 2.62 bits per heavy atom. The van der Waals surface area contributed by atoms with Gasteiger partial charge in [-0.2, -0.15) is 0 Å². The topological polar surface area (TPSA) is 31.2 Å². The number of nitrogens with zero attached hydrogens (tertiary/aromatic N) is 1. The normalized spacial score (nSPS) is 10.1. The van der Waals surface area contributed by atoms with Crippen molar-refractivity contribution in [3.8, 4) is 5.69 Å². The number of aromatic nitrogens is 1. The van der Waals surface area contributed by atoms with Crippen molar-refractivity contribution in [1.82, 2.24) is 4.57 Å². The molecule has 0 bridgehead atoms. The Kier molecular flexibility index (Phi) is 3.05. The van der Waals surface area contributed by atoms with Crippen LogP contribution in [0.3, 0.4) is 0 Å². The average molecular weight is 215 g/mol. The van der Waals surface area contributed by atoms with Gasteiger partial charge < -0.3 is 9.30 Å². The van der Waals surface area contributed by atoms with E-state index in [1.165, 1.54) is 0 Å². The third kappa shape index (κ3) is 1.98. The number of benzene rings is 1. The molecule has 1 heterocycles. The lowest BCUT2D eigenvalue weighted by atomic mass is 10.3. The third-order valence-electron chi connectivity index (χ3n) is 2.27. The quantitative estimate of drug-likeness (QED) is 0.737. The van der Waals surface area contributed by atoms with Crippen molar-refractivity contribution in [3.63, 3.8) is 0 Å². The highest BCUT2D eigenvalue weighted by Gasteiger charge is 2.12. The molecule has 82 valence electrons. The highest BCUT2D eigenvalue weighted by atomic mass is 16.5.